The number of benzene rings is 2. The minimum absolute atomic E-state index is 0.184. The van der Waals surface area contributed by atoms with E-state index in [4.69, 9.17) is 20.8 Å². The average Bonchev–Trinajstić information content (AvgIpc) is 2.86. The molecule has 0 N–H and O–H groups in total. The molecule has 3 aromatic rings. The molecule has 2 heterocycles. The quantitative estimate of drug-likeness (QED) is 0.488. The van der Waals surface area contributed by atoms with Crippen LogP contribution in [0.1, 0.15) is 21.5 Å². The van der Waals surface area contributed by atoms with Gasteiger partial charge >= 0.3 is 5.63 Å². The first-order valence-corrected chi connectivity index (χ1v) is 7.68. The summed E-state index contributed by atoms with van der Waals surface area (Å²) in [6, 6.07) is 11.9. The van der Waals surface area contributed by atoms with Gasteiger partial charge in [0.1, 0.15) is 11.3 Å². The highest BCUT2D eigenvalue weighted by molar-refractivity contribution is 6.30. The van der Waals surface area contributed by atoms with Crippen molar-refractivity contribution in [1.82, 2.24) is 0 Å². The van der Waals surface area contributed by atoms with Crippen LogP contribution in [0.3, 0.4) is 0 Å². The van der Waals surface area contributed by atoms with Crippen LogP contribution in [0.25, 0.3) is 17.0 Å². The van der Waals surface area contributed by atoms with Crippen LogP contribution in [0.4, 0.5) is 0 Å². The van der Waals surface area contributed by atoms with Crippen molar-refractivity contribution in [3.8, 4) is 5.75 Å². The fourth-order valence-corrected chi connectivity index (χ4v) is 2.89. The summed E-state index contributed by atoms with van der Waals surface area (Å²) in [5.74, 6) is 0.268. The first kappa shape index (κ1) is 14.7. The van der Waals surface area contributed by atoms with Crippen LogP contribution in [0.15, 0.2) is 57.4 Å². The third kappa shape index (κ3) is 2.32. The number of hydrogen-bond donors (Lipinski definition) is 0. The molecule has 0 spiro atoms. The molecule has 5 heteroatoms. The molecule has 0 amide bonds. The smallest absolute Gasteiger partial charge is 0.336 e. The lowest BCUT2D eigenvalue weighted by Crippen LogP contribution is -2.02. The van der Waals surface area contributed by atoms with Gasteiger partial charge in [0.25, 0.3) is 0 Å². The van der Waals surface area contributed by atoms with Gasteiger partial charge in [0.05, 0.1) is 0 Å². The Morgan fingerprint density at radius 3 is 2.54 bits per heavy atom. The largest absolute Gasteiger partial charge is 0.452 e. The van der Waals surface area contributed by atoms with Crippen LogP contribution in [0.5, 0.6) is 5.75 Å². The highest BCUT2D eigenvalue weighted by Crippen LogP contribution is 2.37. The Morgan fingerprint density at radius 2 is 1.79 bits per heavy atom. The molecule has 0 fully saturated rings. The van der Waals surface area contributed by atoms with Crippen molar-refractivity contribution >= 4 is 34.4 Å². The van der Waals surface area contributed by atoms with E-state index in [0.29, 0.717) is 10.8 Å². The van der Waals surface area contributed by atoms with Crippen molar-refractivity contribution < 1.29 is 13.9 Å². The van der Waals surface area contributed by atoms with Gasteiger partial charge in [0, 0.05) is 16.5 Å². The Bertz CT molecular complexity index is 1070. The third-order valence-electron chi connectivity index (χ3n) is 3.92. The van der Waals surface area contributed by atoms with Crippen molar-refractivity contribution in [2.45, 2.75) is 6.92 Å². The molecule has 1 aliphatic rings. The van der Waals surface area contributed by atoms with E-state index in [2.05, 4.69) is 0 Å². The molecule has 4 nitrogen and oxygen atoms in total. The first-order chi connectivity index (χ1) is 11.5. The van der Waals surface area contributed by atoms with Crippen LogP contribution < -0.4 is 10.4 Å². The number of allylic oxidation sites excluding steroid dienone is 1. The number of hydrogen-bond acceptors (Lipinski definition) is 4. The number of fused-ring (bicyclic) bond motifs is 3. The second kappa shape index (κ2) is 5.35. The van der Waals surface area contributed by atoms with E-state index in [0.717, 1.165) is 16.5 Å². The van der Waals surface area contributed by atoms with Crippen LogP contribution in [0.2, 0.25) is 5.02 Å². The highest BCUT2D eigenvalue weighted by Gasteiger charge is 2.31. The van der Waals surface area contributed by atoms with E-state index in [1.54, 1.807) is 49.4 Å². The Kier molecular flexibility index (Phi) is 3.28. The zero-order valence-corrected chi connectivity index (χ0v) is 13.4. The molecular weight excluding hydrogens is 328 g/mol. The van der Waals surface area contributed by atoms with E-state index in [1.165, 1.54) is 6.07 Å². The topological polar surface area (TPSA) is 56.5 Å². The number of carbonyl (C=O) groups excluding carboxylic acids is 1. The summed E-state index contributed by atoms with van der Waals surface area (Å²) in [5, 5.41) is 1.33. The van der Waals surface area contributed by atoms with Crippen molar-refractivity contribution in [2.75, 3.05) is 0 Å². The van der Waals surface area contributed by atoms with Gasteiger partial charge in [-0.2, -0.15) is 0 Å². The molecule has 2 aromatic carbocycles. The lowest BCUT2D eigenvalue weighted by molar-refractivity contribution is 0.101. The summed E-state index contributed by atoms with van der Waals surface area (Å²) in [6.07, 6.45) is 1.64. The minimum Gasteiger partial charge on any atom is -0.452 e. The molecule has 0 saturated heterocycles. The molecule has 0 radical (unpaired) electrons. The van der Waals surface area contributed by atoms with E-state index in [1.807, 2.05) is 0 Å². The van der Waals surface area contributed by atoms with E-state index in [9.17, 15) is 9.59 Å². The maximum absolute atomic E-state index is 12.7. The lowest BCUT2D eigenvalue weighted by atomic mass is 10.0. The van der Waals surface area contributed by atoms with Gasteiger partial charge in [-0.05, 0) is 48.4 Å². The Labute approximate surface area is 141 Å². The van der Waals surface area contributed by atoms with Crippen LogP contribution in [0, 0.1) is 6.92 Å². The van der Waals surface area contributed by atoms with Crippen LogP contribution >= 0.6 is 11.6 Å². The standard InChI is InChI=1S/C19H11ClO4/c1-10-8-16(21)24-19-13(10)6-7-14-17(19)18(22)15(23-14)9-11-2-4-12(20)5-3-11/h2-9H,1H3. The summed E-state index contributed by atoms with van der Waals surface area (Å²) in [5.41, 5.74) is 1.61. The lowest BCUT2D eigenvalue weighted by Gasteiger charge is -2.02. The number of Topliss-reactive ketones (excluding diaryl/α,β-unsaturated/α-hetero) is 1. The predicted octanol–water partition coefficient (Wildman–Crippen LogP) is 4.37. The zero-order chi connectivity index (χ0) is 16.8. The normalized spacial score (nSPS) is 14.9. The van der Waals surface area contributed by atoms with Gasteiger partial charge in [-0.15, -0.1) is 0 Å². The van der Waals surface area contributed by atoms with Gasteiger partial charge < -0.3 is 9.15 Å². The molecule has 1 aromatic heterocycles. The zero-order valence-electron chi connectivity index (χ0n) is 12.6. The number of ketones is 1. The molecule has 24 heavy (non-hydrogen) atoms. The maximum atomic E-state index is 12.7. The number of halogens is 1. The second-order valence-corrected chi connectivity index (χ2v) is 5.99. The van der Waals surface area contributed by atoms with Gasteiger partial charge in [-0.25, -0.2) is 4.79 Å². The van der Waals surface area contributed by atoms with Crippen molar-refractivity contribution in [1.29, 1.82) is 0 Å². The molecule has 0 unspecified atom stereocenters. The number of ether oxygens (including phenoxy) is 1. The molecule has 1 aliphatic heterocycles. The summed E-state index contributed by atoms with van der Waals surface area (Å²) in [4.78, 5) is 24.4. The molecule has 0 atom stereocenters. The van der Waals surface area contributed by atoms with Gasteiger partial charge in [-0.1, -0.05) is 23.7 Å². The Morgan fingerprint density at radius 1 is 1.04 bits per heavy atom. The second-order valence-electron chi connectivity index (χ2n) is 5.56. The van der Waals surface area contributed by atoms with Gasteiger partial charge in [-0.3, -0.25) is 4.79 Å². The summed E-state index contributed by atoms with van der Waals surface area (Å²) >= 11 is 5.86. The minimum atomic E-state index is -0.490. The van der Waals surface area contributed by atoms with Gasteiger partial charge in [0.2, 0.25) is 5.78 Å². The molecule has 0 bridgehead atoms. The maximum Gasteiger partial charge on any atom is 0.336 e. The first-order valence-electron chi connectivity index (χ1n) is 7.30. The monoisotopic (exact) mass is 338 g/mol. The Hall–Kier alpha value is -2.85. The summed E-state index contributed by atoms with van der Waals surface area (Å²) < 4.78 is 10.9. The van der Waals surface area contributed by atoms with E-state index >= 15 is 0 Å². The summed E-state index contributed by atoms with van der Waals surface area (Å²) in [7, 11) is 0. The Balaban J connectivity index is 1.87. The van der Waals surface area contributed by atoms with Gasteiger partial charge in [0.15, 0.2) is 11.3 Å². The molecular formula is C19H11ClO4. The predicted molar refractivity (Wildman–Crippen MR) is 91.6 cm³/mol. The van der Waals surface area contributed by atoms with E-state index in [-0.39, 0.29) is 22.7 Å². The van der Waals surface area contributed by atoms with Crippen LogP contribution in [-0.2, 0) is 0 Å². The average molecular weight is 339 g/mol. The van der Waals surface area contributed by atoms with E-state index < -0.39 is 5.63 Å². The fourth-order valence-electron chi connectivity index (χ4n) is 2.76. The van der Waals surface area contributed by atoms with Crippen molar-refractivity contribution in [3.63, 3.8) is 0 Å². The molecule has 4 rings (SSSR count). The number of aryl methyl sites for hydroxylation is 1. The van der Waals surface area contributed by atoms with Crippen molar-refractivity contribution in [3.05, 3.63) is 80.4 Å². The fraction of sp³-hybridized carbons (Fsp3) is 0.0526. The third-order valence-corrected chi connectivity index (χ3v) is 4.17. The number of carbonyl (C=O) groups is 1. The molecule has 0 aliphatic carbocycles. The highest BCUT2D eigenvalue weighted by atomic mass is 35.5. The van der Waals surface area contributed by atoms with Crippen molar-refractivity contribution in [2.24, 2.45) is 0 Å². The summed E-state index contributed by atoms with van der Waals surface area (Å²) in [6.45, 7) is 1.80. The number of rotatable bonds is 1. The SMILES string of the molecule is Cc1cc(=O)oc2c3c(ccc12)OC(=Cc1ccc(Cl)cc1)C3=O. The molecule has 0 saturated carbocycles. The molecule has 118 valence electrons. The van der Waals surface area contributed by atoms with Crippen LogP contribution in [-0.4, -0.2) is 5.78 Å².